The second kappa shape index (κ2) is 7.38. The number of allylic oxidation sites excluding steroid dienone is 1. The normalized spacial score (nSPS) is 17.6. The van der Waals surface area contributed by atoms with Crippen LogP contribution in [0.4, 0.5) is 0 Å². The highest BCUT2D eigenvalue weighted by atomic mass is 35.5. The number of hydrogen-bond donors (Lipinski definition) is 0. The van der Waals surface area contributed by atoms with Crippen LogP contribution in [0, 0.1) is 0 Å². The molecule has 1 aliphatic rings. The van der Waals surface area contributed by atoms with E-state index < -0.39 is 0 Å². The van der Waals surface area contributed by atoms with Crippen LogP contribution >= 0.6 is 11.6 Å². The molecular weight excluding hydrogens is 336 g/mol. The van der Waals surface area contributed by atoms with Crippen LogP contribution in [0.15, 0.2) is 54.2 Å². The monoisotopic (exact) mass is 358 g/mol. The van der Waals surface area contributed by atoms with Gasteiger partial charge in [-0.3, -0.25) is 0 Å². The van der Waals surface area contributed by atoms with Crippen LogP contribution in [0.5, 0.6) is 11.5 Å². The van der Waals surface area contributed by atoms with Crippen molar-refractivity contribution in [1.29, 1.82) is 0 Å². The van der Waals surface area contributed by atoms with Gasteiger partial charge >= 0.3 is 0 Å². The first-order chi connectivity index (χ1) is 12.0. The number of hydrazine groups is 1. The summed E-state index contributed by atoms with van der Waals surface area (Å²) in [5.41, 5.74) is 3.60. The lowest BCUT2D eigenvalue weighted by molar-refractivity contribution is 0.0268. The maximum Gasteiger partial charge on any atom is 0.161 e. The van der Waals surface area contributed by atoms with Crippen LogP contribution in [0.2, 0.25) is 5.02 Å². The lowest BCUT2D eigenvalue weighted by Gasteiger charge is -2.32. The van der Waals surface area contributed by atoms with Gasteiger partial charge in [0.25, 0.3) is 0 Å². The summed E-state index contributed by atoms with van der Waals surface area (Å²) in [6, 6.07) is 14.2. The van der Waals surface area contributed by atoms with E-state index in [0.717, 1.165) is 28.6 Å². The number of likely N-dealkylation sites (N-methyl/N-ethyl adjacent to an activating group) is 1. The van der Waals surface area contributed by atoms with E-state index in [-0.39, 0.29) is 6.04 Å². The third kappa shape index (κ3) is 3.60. The van der Waals surface area contributed by atoms with Crippen molar-refractivity contribution in [3.63, 3.8) is 0 Å². The summed E-state index contributed by atoms with van der Waals surface area (Å²) in [6.07, 6.45) is 2.26. The average Bonchev–Trinajstić information content (AvgIpc) is 2.91. The molecule has 2 aromatic rings. The fraction of sp³-hybridized carbons (Fsp3) is 0.300. The minimum absolute atomic E-state index is 0.159. The fourth-order valence-electron chi connectivity index (χ4n) is 3.17. The molecule has 1 atom stereocenters. The molecular formula is C20H23ClN2O2. The van der Waals surface area contributed by atoms with Crippen molar-refractivity contribution in [2.75, 3.05) is 21.3 Å². The van der Waals surface area contributed by atoms with Gasteiger partial charge in [0.05, 0.1) is 26.8 Å². The molecule has 0 spiro atoms. The van der Waals surface area contributed by atoms with Crippen molar-refractivity contribution < 1.29 is 9.47 Å². The Hall–Kier alpha value is -2.17. The summed E-state index contributed by atoms with van der Waals surface area (Å²) in [5, 5.41) is 5.27. The number of benzene rings is 2. The van der Waals surface area contributed by atoms with E-state index in [1.54, 1.807) is 14.2 Å². The third-order valence-corrected chi connectivity index (χ3v) is 4.84. The van der Waals surface area contributed by atoms with Crippen LogP contribution in [-0.2, 0) is 6.54 Å². The van der Waals surface area contributed by atoms with Crippen molar-refractivity contribution >= 4 is 11.6 Å². The predicted octanol–water partition coefficient (Wildman–Crippen LogP) is 4.66. The standard InChI is InChI=1S/C20H23ClN2O2/c1-14-11-18(16-7-10-19(24-3)20(12-16)25-4)22(2)23(14)13-15-5-8-17(21)9-6-15/h5-12,18H,13H2,1-4H3. The maximum atomic E-state index is 5.98. The van der Waals surface area contributed by atoms with Gasteiger partial charge in [-0.15, -0.1) is 0 Å². The maximum absolute atomic E-state index is 5.98. The largest absolute Gasteiger partial charge is 0.493 e. The first kappa shape index (κ1) is 17.6. The van der Waals surface area contributed by atoms with Crippen LogP contribution < -0.4 is 9.47 Å². The van der Waals surface area contributed by atoms with Gasteiger partial charge in [0.2, 0.25) is 0 Å². The molecule has 1 heterocycles. The van der Waals surface area contributed by atoms with Crippen LogP contribution in [0.3, 0.4) is 0 Å². The molecule has 5 heteroatoms. The quantitative estimate of drug-likeness (QED) is 0.775. The molecule has 4 nitrogen and oxygen atoms in total. The Morgan fingerprint density at radius 2 is 1.68 bits per heavy atom. The van der Waals surface area contributed by atoms with Gasteiger partial charge in [-0.1, -0.05) is 29.8 Å². The summed E-state index contributed by atoms with van der Waals surface area (Å²) in [5.74, 6) is 1.49. The van der Waals surface area contributed by atoms with Crippen LogP contribution in [0.1, 0.15) is 24.1 Å². The van der Waals surface area contributed by atoms with Crippen LogP contribution in [0.25, 0.3) is 0 Å². The molecule has 3 rings (SSSR count). The molecule has 0 bridgehead atoms. The van der Waals surface area contributed by atoms with Gasteiger partial charge in [0.15, 0.2) is 11.5 Å². The number of hydrogen-bond acceptors (Lipinski definition) is 4. The van der Waals surface area contributed by atoms with Crippen molar-refractivity contribution in [1.82, 2.24) is 10.0 Å². The Kier molecular flexibility index (Phi) is 5.21. The number of nitrogens with zero attached hydrogens (tertiary/aromatic N) is 2. The van der Waals surface area contributed by atoms with Crippen molar-refractivity contribution in [2.45, 2.75) is 19.5 Å². The van der Waals surface area contributed by atoms with Gasteiger partial charge in [0, 0.05) is 17.8 Å². The molecule has 0 aromatic heterocycles. The van der Waals surface area contributed by atoms with Crippen molar-refractivity contribution in [3.8, 4) is 11.5 Å². The fourth-order valence-corrected chi connectivity index (χ4v) is 3.30. The summed E-state index contributed by atoms with van der Waals surface area (Å²) in [4.78, 5) is 0. The van der Waals surface area contributed by atoms with Gasteiger partial charge < -0.3 is 14.5 Å². The van der Waals surface area contributed by atoms with Crippen molar-refractivity contribution in [2.24, 2.45) is 0 Å². The third-order valence-electron chi connectivity index (χ3n) is 4.58. The molecule has 0 amide bonds. The molecule has 2 aromatic carbocycles. The second-order valence-electron chi connectivity index (χ2n) is 6.13. The predicted molar refractivity (Wildman–Crippen MR) is 101 cm³/mol. The molecule has 0 aliphatic carbocycles. The Morgan fingerprint density at radius 3 is 2.32 bits per heavy atom. The zero-order valence-corrected chi connectivity index (χ0v) is 15.7. The molecule has 0 saturated carbocycles. The zero-order valence-electron chi connectivity index (χ0n) is 15.0. The van der Waals surface area contributed by atoms with Gasteiger partial charge in [-0.05, 0) is 48.4 Å². The zero-order chi connectivity index (χ0) is 18.0. The SMILES string of the molecule is COc1ccc(C2C=C(C)N(Cc3ccc(Cl)cc3)N2C)cc1OC. The Labute approximate surface area is 154 Å². The summed E-state index contributed by atoms with van der Waals surface area (Å²) in [6.45, 7) is 2.94. The molecule has 0 radical (unpaired) electrons. The average molecular weight is 359 g/mol. The van der Waals surface area contributed by atoms with E-state index in [1.165, 1.54) is 11.3 Å². The first-order valence-corrected chi connectivity index (χ1v) is 8.56. The van der Waals surface area contributed by atoms with E-state index in [0.29, 0.717) is 0 Å². The van der Waals surface area contributed by atoms with E-state index in [9.17, 15) is 0 Å². The van der Waals surface area contributed by atoms with Crippen LogP contribution in [-0.4, -0.2) is 31.3 Å². The molecule has 25 heavy (non-hydrogen) atoms. The minimum atomic E-state index is 0.159. The number of methoxy groups -OCH3 is 2. The molecule has 132 valence electrons. The minimum Gasteiger partial charge on any atom is -0.493 e. The van der Waals surface area contributed by atoms with E-state index in [4.69, 9.17) is 21.1 Å². The Balaban J connectivity index is 1.82. The first-order valence-electron chi connectivity index (χ1n) is 8.18. The second-order valence-corrected chi connectivity index (χ2v) is 6.56. The number of ether oxygens (including phenoxy) is 2. The summed E-state index contributed by atoms with van der Waals surface area (Å²) < 4.78 is 10.8. The highest BCUT2D eigenvalue weighted by Gasteiger charge is 2.28. The molecule has 0 N–H and O–H groups in total. The van der Waals surface area contributed by atoms with E-state index in [2.05, 4.69) is 48.3 Å². The topological polar surface area (TPSA) is 24.9 Å². The lowest BCUT2D eigenvalue weighted by Crippen LogP contribution is -2.34. The molecule has 1 unspecified atom stereocenters. The molecule has 1 aliphatic heterocycles. The van der Waals surface area contributed by atoms with Gasteiger partial charge in [-0.2, -0.15) is 0 Å². The summed E-state index contributed by atoms with van der Waals surface area (Å²) in [7, 11) is 5.41. The number of halogens is 1. The van der Waals surface area contributed by atoms with E-state index in [1.807, 2.05) is 24.3 Å². The Bertz CT molecular complexity index is 774. The van der Waals surface area contributed by atoms with Gasteiger partial charge in [-0.25, -0.2) is 5.01 Å². The smallest absolute Gasteiger partial charge is 0.161 e. The molecule has 0 saturated heterocycles. The van der Waals surface area contributed by atoms with E-state index >= 15 is 0 Å². The highest BCUT2D eigenvalue weighted by molar-refractivity contribution is 6.30. The number of rotatable bonds is 5. The lowest BCUT2D eigenvalue weighted by atomic mass is 10.1. The summed E-state index contributed by atoms with van der Waals surface area (Å²) >= 11 is 5.98. The molecule has 0 fully saturated rings. The van der Waals surface area contributed by atoms with Crippen molar-refractivity contribution in [3.05, 3.63) is 70.4 Å². The van der Waals surface area contributed by atoms with Gasteiger partial charge in [0.1, 0.15) is 0 Å². The highest BCUT2D eigenvalue weighted by Crippen LogP contribution is 2.37. The Morgan fingerprint density at radius 1 is 1.00 bits per heavy atom.